The van der Waals surface area contributed by atoms with E-state index in [4.69, 9.17) is 15.2 Å². The van der Waals surface area contributed by atoms with E-state index < -0.39 is 5.92 Å². The van der Waals surface area contributed by atoms with Crippen LogP contribution in [0.2, 0.25) is 0 Å². The van der Waals surface area contributed by atoms with E-state index in [0.29, 0.717) is 35.5 Å². The van der Waals surface area contributed by atoms with Crippen LogP contribution in [0.1, 0.15) is 50.7 Å². The average Bonchev–Trinajstić information content (AvgIpc) is 2.81. The molecule has 1 unspecified atom stereocenters. The zero-order valence-corrected chi connectivity index (χ0v) is 20.2. The van der Waals surface area contributed by atoms with Gasteiger partial charge in [-0.2, -0.15) is 5.26 Å². The molecule has 35 heavy (non-hydrogen) atoms. The standard InChI is InChI=1S/C28H29N3O4/c1-4-17-8-5-6-11-21(17)31-24(33)16-34-19-10-7-9-18(12-19)25-20(15-29)27(30)35-23-14-28(2,3)13-22(32)26(23)25/h5-12,25H,4,13-14,16,30H2,1-3H3,(H,31,33). The predicted molar refractivity (Wildman–Crippen MR) is 132 cm³/mol. The number of carbonyl (C=O) groups excluding carboxylic acids is 2. The van der Waals surface area contributed by atoms with Crippen LogP contribution in [-0.4, -0.2) is 18.3 Å². The Morgan fingerprint density at radius 2 is 2.00 bits per heavy atom. The number of para-hydroxylation sites is 1. The van der Waals surface area contributed by atoms with Crippen LogP contribution in [-0.2, 0) is 20.7 Å². The number of Topliss-reactive ketones (excluding diaryl/α,β-unsaturated/α-hetero) is 1. The molecule has 0 saturated heterocycles. The molecular weight excluding hydrogens is 442 g/mol. The van der Waals surface area contributed by atoms with Gasteiger partial charge in [0.1, 0.15) is 23.2 Å². The summed E-state index contributed by atoms with van der Waals surface area (Å²) in [4.78, 5) is 25.6. The van der Waals surface area contributed by atoms with Crippen molar-refractivity contribution >= 4 is 17.4 Å². The number of nitrogens with two attached hydrogens (primary N) is 1. The lowest BCUT2D eigenvalue weighted by Gasteiger charge is -2.37. The molecular formula is C28H29N3O4. The SMILES string of the molecule is CCc1ccccc1NC(=O)COc1cccc(C2C(C#N)=C(N)OC3=C2C(=O)CC(C)(C)C3)c1. The highest BCUT2D eigenvalue weighted by Gasteiger charge is 2.43. The van der Waals surface area contributed by atoms with Crippen LogP contribution in [0.25, 0.3) is 0 Å². The average molecular weight is 472 g/mol. The molecule has 1 amide bonds. The molecule has 1 aliphatic heterocycles. The number of nitriles is 1. The molecule has 2 aliphatic rings. The fourth-order valence-corrected chi connectivity index (χ4v) is 4.69. The van der Waals surface area contributed by atoms with E-state index in [0.717, 1.165) is 17.7 Å². The molecule has 3 N–H and O–H groups in total. The fraction of sp³-hybridized carbons (Fsp3) is 0.321. The van der Waals surface area contributed by atoms with Gasteiger partial charge < -0.3 is 20.5 Å². The summed E-state index contributed by atoms with van der Waals surface area (Å²) < 4.78 is 11.5. The number of allylic oxidation sites excluding steroid dienone is 3. The van der Waals surface area contributed by atoms with E-state index >= 15 is 0 Å². The zero-order chi connectivity index (χ0) is 25.2. The molecule has 1 heterocycles. The first kappa shape index (κ1) is 24.1. The van der Waals surface area contributed by atoms with Crippen LogP contribution in [0.3, 0.4) is 0 Å². The lowest BCUT2D eigenvalue weighted by molar-refractivity contribution is -0.119. The third kappa shape index (κ3) is 5.07. The summed E-state index contributed by atoms with van der Waals surface area (Å²) in [6, 6.07) is 16.8. The summed E-state index contributed by atoms with van der Waals surface area (Å²) in [5, 5.41) is 12.7. The number of ketones is 1. The molecule has 2 aromatic rings. The largest absolute Gasteiger partial charge is 0.484 e. The molecule has 7 nitrogen and oxygen atoms in total. The lowest BCUT2D eigenvalue weighted by Crippen LogP contribution is -2.33. The van der Waals surface area contributed by atoms with Crippen molar-refractivity contribution in [3.05, 3.63) is 82.4 Å². The molecule has 180 valence electrons. The number of ether oxygens (including phenoxy) is 2. The maximum Gasteiger partial charge on any atom is 0.262 e. The number of rotatable bonds is 6. The van der Waals surface area contributed by atoms with Crippen LogP contribution in [0.15, 0.2) is 71.3 Å². The lowest BCUT2D eigenvalue weighted by atomic mass is 9.70. The first-order valence-corrected chi connectivity index (χ1v) is 11.7. The number of nitrogens with zero attached hydrogens (tertiary/aromatic N) is 1. The summed E-state index contributed by atoms with van der Waals surface area (Å²) in [6.45, 7) is 5.86. The number of nitrogens with one attached hydrogen (secondary N) is 1. The molecule has 0 fully saturated rings. The van der Waals surface area contributed by atoms with Gasteiger partial charge >= 0.3 is 0 Å². The predicted octanol–water partition coefficient (Wildman–Crippen LogP) is 4.72. The van der Waals surface area contributed by atoms with Gasteiger partial charge in [0.25, 0.3) is 5.91 Å². The van der Waals surface area contributed by atoms with Crippen LogP contribution in [0, 0.1) is 16.7 Å². The van der Waals surface area contributed by atoms with Crippen LogP contribution >= 0.6 is 0 Å². The van der Waals surface area contributed by atoms with E-state index in [1.54, 1.807) is 18.2 Å². The Bertz CT molecular complexity index is 1280. The number of benzene rings is 2. The van der Waals surface area contributed by atoms with Crippen molar-refractivity contribution in [3.63, 3.8) is 0 Å². The molecule has 1 aliphatic carbocycles. The van der Waals surface area contributed by atoms with Crippen LogP contribution < -0.4 is 15.8 Å². The normalized spacial score (nSPS) is 18.9. The summed E-state index contributed by atoms with van der Waals surface area (Å²) in [7, 11) is 0. The van der Waals surface area contributed by atoms with Crippen molar-refractivity contribution < 1.29 is 19.1 Å². The highest BCUT2D eigenvalue weighted by Crippen LogP contribution is 2.48. The number of hydrogen-bond acceptors (Lipinski definition) is 6. The maximum absolute atomic E-state index is 13.1. The third-order valence-corrected chi connectivity index (χ3v) is 6.31. The maximum atomic E-state index is 13.1. The van der Waals surface area contributed by atoms with Gasteiger partial charge in [-0.05, 0) is 41.2 Å². The monoisotopic (exact) mass is 471 g/mol. The molecule has 4 rings (SSSR count). The van der Waals surface area contributed by atoms with Crippen molar-refractivity contribution in [2.45, 2.75) is 46.0 Å². The van der Waals surface area contributed by atoms with Gasteiger partial charge in [-0.25, -0.2) is 0 Å². The molecule has 0 radical (unpaired) electrons. The number of hydrogen-bond donors (Lipinski definition) is 2. The van der Waals surface area contributed by atoms with Gasteiger partial charge in [0.15, 0.2) is 12.4 Å². The summed E-state index contributed by atoms with van der Waals surface area (Å²) in [5.74, 6) is 0.0199. The highest BCUT2D eigenvalue weighted by atomic mass is 16.5. The number of amides is 1. The molecule has 1 atom stereocenters. The summed E-state index contributed by atoms with van der Waals surface area (Å²) in [5.41, 5.74) is 9.00. The van der Waals surface area contributed by atoms with E-state index in [9.17, 15) is 14.9 Å². The molecule has 0 spiro atoms. The highest BCUT2D eigenvalue weighted by molar-refractivity contribution is 6.00. The van der Waals surface area contributed by atoms with E-state index in [-0.39, 0.29) is 35.2 Å². The second-order valence-corrected chi connectivity index (χ2v) is 9.62. The van der Waals surface area contributed by atoms with Gasteiger partial charge in [0.2, 0.25) is 5.88 Å². The minimum absolute atomic E-state index is 0.0158. The Balaban J connectivity index is 1.57. The molecule has 7 heteroatoms. The van der Waals surface area contributed by atoms with Gasteiger partial charge in [0, 0.05) is 24.1 Å². The van der Waals surface area contributed by atoms with Gasteiger partial charge in [-0.15, -0.1) is 0 Å². The summed E-state index contributed by atoms with van der Waals surface area (Å²) >= 11 is 0. The van der Waals surface area contributed by atoms with Crippen LogP contribution in [0.4, 0.5) is 5.69 Å². The Morgan fingerprint density at radius 1 is 1.23 bits per heavy atom. The minimum atomic E-state index is -0.638. The van der Waals surface area contributed by atoms with E-state index in [1.807, 2.05) is 51.1 Å². The van der Waals surface area contributed by atoms with Gasteiger partial charge in [-0.1, -0.05) is 51.1 Å². The smallest absolute Gasteiger partial charge is 0.262 e. The first-order chi connectivity index (χ1) is 16.7. The number of aryl methyl sites for hydroxylation is 1. The van der Waals surface area contributed by atoms with Crippen molar-refractivity contribution in [3.8, 4) is 11.8 Å². The zero-order valence-electron chi connectivity index (χ0n) is 20.2. The number of carbonyl (C=O) groups is 2. The molecule has 0 bridgehead atoms. The van der Waals surface area contributed by atoms with Gasteiger partial charge in [-0.3, -0.25) is 9.59 Å². The van der Waals surface area contributed by atoms with Crippen molar-refractivity contribution in [1.29, 1.82) is 5.26 Å². The first-order valence-electron chi connectivity index (χ1n) is 11.7. The Hall–Kier alpha value is -4.05. The molecule has 0 saturated carbocycles. The van der Waals surface area contributed by atoms with Crippen LogP contribution in [0.5, 0.6) is 5.75 Å². The number of anilines is 1. The van der Waals surface area contributed by atoms with Crippen molar-refractivity contribution in [2.24, 2.45) is 11.1 Å². The van der Waals surface area contributed by atoms with Gasteiger partial charge in [0.05, 0.1) is 5.92 Å². The van der Waals surface area contributed by atoms with E-state index in [2.05, 4.69) is 11.4 Å². The minimum Gasteiger partial charge on any atom is -0.484 e. The van der Waals surface area contributed by atoms with Crippen molar-refractivity contribution in [1.82, 2.24) is 0 Å². The second-order valence-electron chi connectivity index (χ2n) is 9.62. The Labute approximate surface area is 205 Å². The second kappa shape index (κ2) is 9.67. The third-order valence-electron chi connectivity index (χ3n) is 6.31. The molecule has 2 aromatic carbocycles. The van der Waals surface area contributed by atoms with Crippen molar-refractivity contribution in [2.75, 3.05) is 11.9 Å². The topological polar surface area (TPSA) is 114 Å². The Morgan fingerprint density at radius 3 is 2.74 bits per heavy atom. The fourth-order valence-electron chi connectivity index (χ4n) is 4.69. The summed E-state index contributed by atoms with van der Waals surface area (Å²) in [6.07, 6.45) is 1.72. The Kier molecular flexibility index (Phi) is 6.65. The molecule has 0 aromatic heterocycles. The quantitative estimate of drug-likeness (QED) is 0.630. The van der Waals surface area contributed by atoms with E-state index in [1.165, 1.54) is 0 Å².